The van der Waals surface area contributed by atoms with Gasteiger partial charge in [0.15, 0.2) is 0 Å². The number of aliphatic hydroxyl groups excluding tert-OH is 1. The van der Waals surface area contributed by atoms with E-state index in [-0.39, 0.29) is 35.5 Å². The number of halogens is 3. The van der Waals surface area contributed by atoms with Crippen LogP contribution in [0.4, 0.5) is 18.9 Å². The highest BCUT2D eigenvalue weighted by molar-refractivity contribution is 6.06. The minimum absolute atomic E-state index is 0.0205. The minimum Gasteiger partial charge on any atom is -0.396 e. The average molecular weight is 467 g/mol. The molecule has 2 aromatic heterocycles. The zero-order valence-electron chi connectivity index (χ0n) is 18.0. The third-order valence-corrected chi connectivity index (χ3v) is 5.05. The summed E-state index contributed by atoms with van der Waals surface area (Å²) in [6.07, 6.45) is -1.43. The third kappa shape index (κ3) is 4.96. The molecule has 0 saturated heterocycles. The molecule has 0 aliphatic rings. The van der Waals surface area contributed by atoms with Gasteiger partial charge in [0.25, 0.3) is 5.91 Å². The summed E-state index contributed by atoms with van der Waals surface area (Å²) in [5.41, 5.74) is 0.476. The molecule has 0 fully saturated rings. The van der Waals surface area contributed by atoms with E-state index in [0.29, 0.717) is 17.1 Å². The first-order valence-corrected chi connectivity index (χ1v) is 10.3. The maximum absolute atomic E-state index is 13.6. The summed E-state index contributed by atoms with van der Waals surface area (Å²) < 4.78 is 42.2. The highest BCUT2D eigenvalue weighted by Crippen LogP contribution is 2.37. The van der Waals surface area contributed by atoms with E-state index in [1.165, 1.54) is 29.2 Å². The molecule has 0 spiro atoms. The zero-order valence-corrected chi connectivity index (χ0v) is 18.0. The highest BCUT2D eigenvalue weighted by atomic mass is 19.4. The van der Waals surface area contributed by atoms with Crippen LogP contribution in [0.25, 0.3) is 22.5 Å². The second-order valence-corrected chi connectivity index (χ2v) is 7.48. The minimum atomic E-state index is -4.61. The van der Waals surface area contributed by atoms with Gasteiger partial charge in [-0.15, -0.1) is 0 Å². The van der Waals surface area contributed by atoms with Gasteiger partial charge < -0.3 is 10.4 Å². The Kier molecular flexibility index (Phi) is 6.42. The van der Waals surface area contributed by atoms with Gasteiger partial charge in [0, 0.05) is 36.4 Å². The Morgan fingerprint density at radius 3 is 2.53 bits per heavy atom. The number of carbonyl (C=O) groups excluding carboxylic acids is 1. The smallest absolute Gasteiger partial charge is 0.396 e. The zero-order chi connectivity index (χ0) is 24.3. The molecule has 7 nitrogen and oxygen atoms in total. The monoisotopic (exact) mass is 467 g/mol. The average Bonchev–Trinajstić information content (AvgIpc) is 3.26. The van der Waals surface area contributed by atoms with Gasteiger partial charge in [-0.25, -0.2) is 9.97 Å². The predicted molar refractivity (Wildman–Crippen MR) is 120 cm³/mol. The number of carbonyl (C=O) groups is 1. The van der Waals surface area contributed by atoms with E-state index in [1.807, 2.05) is 18.2 Å². The number of aryl methyl sites for hydroxylation is 1. The summed E-state index contributed by atoms with van der Waals surface area (Å²) in [4.78, 5) is 21.7. The summed E-state index contributed by atoms with van der Waals surface area (Å²) in [5, 5.41) is 16.0. The van der Waals surface area contributed by atoms with Crippen LogP contribution in [0, 0.1) is 0 Å². The topological polar surface area (TPSA) is 92.9 Å². The molecular formula is C24H20F3N5O2. The van der Waals surface area contributed by atoms with Crippen LogP contribution in [0.5, 0.6) is 0 Å². The first kappa shape index (κ1) is 23.1. The molecule has 0 aliphatic carbocycles. The van der Waals surface area contributed by atoms with Gasteiger partial charge in [0.1, 0.15) is 5.82 Å². The van der Waals surface area contributed by atoms with Crippen LogP contribution >= 0.6 is 0 Å². The van der Waals surface area contributed by atoms with Crippen molar-refractivity contribution < 1.29 is 23.1 Å². The second-order valence-electron chi connectivity index (χ2n) is 7.48. The Bertz CT molecular complexity index is 1320. The largest absolute Gasteiger partial charge is 0.417 e. The summed E-state index contributed by atoms with van der Waals surface area (Å²) >= 11 is 0. The Labute approximate surface area is 192 Å². The van der Waals surface area contributed by atoms with E-state index < -0.39 is 17.6 Å². The van der Waals surface area contributed by atoms with Crippen molar-refractivity contribution in [1.82, 2.24) is 19.7 Å². The van der Waals surface area contributed by atoms with Gasteiger partial charge in [-0.2, -0.15) is 18.3 Å². The molecule has 2 aromatic carbocycles. The molecule has 0 aliphatic heterocycles. The number of hydrogen-bond donors (Lipinski definition) is 2. The molecule has 2 heterocycles. The van der Waals surface area contributed by atoms with Crippen molar-refractivity contribution in [2.45, 2.75) is 12.6 Å². The van der Waals surface area contributed by atoms with Gasteiger partial charge in [0.05, 0.1) is 35.4 Å². The maximum atomic E-state index is 13.6. The summed E-state index contributed by atoms with van der Waals surface area (Å²) in [6, 6.07) is 13.7. The van der Waals surface area contributed by atoms with E-state index in [0.717, 1.165) is 12.1 Å². The van der Waals surface area contributed by atoms with Crippen LogP contribution in [0.3, 0.4) is 0 Å². The van der Waals surface area contributed by atoms with Crippen molar-refractivity contribution in [3.05, 3.63) is 83.9 Å². The molecule has 0 unspecified atom stereocenters. The van der Waals surface area contributed by atoms with Gasteiger partial charge in [-0.3, -0.25) is 9.48 Å². The number of rotatable bonds is 6. The Morgan fingerprint density at radius 1 is 1.12 bits per heavy atom. The lowest BCUT2D eigenvalue weighted by Crippen LogP contribution is -2.16. The highest BCUT2D eigenvalue weighted by Gasteiger charge is 2.34. The summed E-state index contributed by atoms with van der Waals surface area (Å²) in [5.74, 6) is -0.229. The lowest BCUT2D eigenvalue weighted by molar-refractivity contribution is -0.137. The van der Waals surface area contributed by atoms with Gasteiger partial charge in [-0.05, 0) is 24.3 Å². The molecule has 0 atom stereocenters. The Morgan fingerprint density at radius 2 is 1.88 bits per heavy atom. The molecule has 4 aromatic rings. The van der Waals surface area contributed by atoms with Crippen molar-refractivity contribution >= 4 is 11.6 Å². The molecule has 34 heavy (non-hydrogen) atoms. The van der Waals surface area contributed by atoms with Crippen molar-refractivity contribution in [1.29, 1.82) is 0 Å². The normalized spacial score (nSPS) is 11.4. The Balaban J connectivity index is 1.72. The van der Waals surface area contributed by atoms with Crippen LogP contribution in [0.2, 0.25) is 0 Å². The molecule has 1 amide bonds. The lowest BCUT2D eigenvalue weighted by atomic mass is 10.0. The summed E-state index contributed by atoms with van der Waals surface area (Å²) in [7, 11) is 1.60. The van der Waals surface area contributed by atoms with Gasteiger partial charge >= 0.3 is 6.18 Å². The molecule has 0 saturated carbocycles. The standard InChI is InChI=1S/C24H20F3N5O2/c1-32-11-9-19(31-32)17-13-16(7-8-18(17)24(25,26)27)23(34)29-20-14-28-21(10-12-33)30-22(20)15-5-3-2-4-6-15/h2-9,11,13-14,33H,10,12H2,1H3,(H,29,34). The summed E-state index contributed by atoms with van der Waals surface area (Å²) in [6.45, 7) is -0.137. The van der Waals surface area contributed by atoms with Crippen LogP contribution in [-0.4, -0.2) is 37.4 Å². The van der Waals surface area contributed by atoms with Crippen LogP contribution in [0.15, 0.2) is 67.0 Å². The number of benzene rings is 2. The van der Waals surface area contributed by atoms with Gasteiger partial charge in [-0.1, -0.05) is 30.3 Å². The fourth-order valence-corrected chi connectivity index (χ4v) is 3.44. The Hall–Kier alpha value is -4.05. The fourth-order valence-electron chi connectivity index (χ4n) is 3.44. The quantitative estimate of drug-likeness (QED) is 0.440. The molecule has 10 heteroatoms. The van der Waals surface area contributed by atoms with E-state index in [2.05, 4.69) is 20.4 Å². The molecule has 4 rings (SSSR count). The van der Waals surface area contributed by atoms with Crippen molar-refractivity contribution in [3.8, 4) is 22.5 Å². The number of nitrogens with zero attached hydrogens (tertiary/aromatic N) is 4. The predicted octanol–water partition coefficient (Wildman–Crippen LogP) is 4.35. The van der Waals surface area contributed by atoms with E-state index in [4.69, 9.17) is 0 Å². The number of hydrogen-bond acceptors (Lipinski definition) is 5. The maximum Gasteiger partial charge on any atom is 0.417 e. The second kappa shape index (κ2) is 9.44. The number of nitrogens with one attached hydrogen (secondary N) is 1. The van der Waals surface area contributed by atoms with Gasteiger partial charge in [0.2, 0.25) is 0 Å². The molecule has 0 bridgehead atoms. The van der Waals surface area contributed by atoms with E-state index >= 15 is 0 Å². The lowest BCUT2D eigenvalue weighted by Gasteiger charge is -2.14. The van der Waals surface area contributed by atoms with Crippen LogP contribution < -0.4 is 5.32 Å². The molecular weight excluding hydrogens is 447 g/mol. The van der Waals surface area contributed by atoms with Crippen LogP contribution in [-0.2, 0) is 19.6 Å². The number of aliphatic hydroxyl groups is 1. The SMILES string of the molecule is Cn1ccc(-c2cc(C(=O)Nc3cnc(CCO)nc3-c3ccccc3)ccc2C(F)(F)F)n1. The van der Waals surface area contributed by atoms with E-state index in [1.54, 1.807) is 19.2 Å². The number of aromatic nitrogens is 4. The van der Waals surface area contributed by atoms with Crippen LogP contribution in [0.1, 0.15) is 21.7 Å². The van der Waals surface area contributed by atoms with Crippen molar-refractivity contribution in [2.75, 3.05) is 11.9 Å². The van der Waals surface area contributed by atoms with E-state index in [9.17, 15) is 23.1 Å². The molecule has 0 radical (unpaired) electrons. The fraction of sp³-hybridized carbons (Fsp3) is 0.167. The number of alkyl halides is 3. The molecule has 2 N–H and O–H groups in total. The first-order chi connectivity index (χ1) is 16.3. The third-order valence-electron chi connectivity index (χ3n) is 5.05. The molecule has 174 valence electrons. The first-order valence-electron chi connectivity index (χ1n) is 10.3. The van der Waals surface area contributed by atoms with Crippen molar-refractivity contribution in [3.63, 3.8) is 0 Å². The number of anilines is 1. The van der Waals surface area contributed by atoms with Crippen molar-refractivity contribution in [2.24, 2.45) is 7.05 Å². The number of amides is 1.